The molecule has 5 nitrogen and oxygen atoms in total. The lowest BCUT2D eigenvalue weighted by molar-refractivity contribution is -0.685. The van der Waals surface area contributed by atoms with Crippen molar-refractivity contribution in [1.29, 1.82) is 0 Å². The lowest BCUT2D eigenvalue weighted by Gasteiger charge is -2.10. The van der Waals surface area contributed by atoms with Gasteiger partial charge in [0.1, 0.15) is 19.8 Å². The predicted octanol–water partition coefficient (Wildman–Crippen LogP) is 2.89. The summed E-state index contributed by atoms with van der Waals surface area (Å²) in [4.78, 5) is 4.40. The van der Waals surface area contributed by atoms with Crippen LogP contribution in [0, 0.1) is 27.6 Å². The summed E-state index contributed by atoms with van der Waals surface area (Å²) in [6.07, 6.45) is 3.74. The molecule has 0 atom stereocenters. The van der Waals surface area contributed by atoms with E-state index in [1.54, 1.807) is 17.4 Å². The van der Waals surface area contributed by atoms with Gasteiger partial charge in [-0.25, -0.2) is 4.98 Å². The fraction of sp³-hybridized carbons (Fsp3) is 0.318. The summed E-state index contributed by atoms with van der Waals surface area (Å²) in [5.41, 5.74) is 4.69. The Morgan fingerprint density at radius 1 is 1.07 bits per heavy atom. The van der Waals surface area contributed by atoms with Gasteiger partial charge in [-0.3, -0.25) is 4.40 Å². The average Bonchev–Trinajstić information content (AvgIpc) is 3.19. The second kappa shape index (κ2) is 6.05. The van der Waals surface area contributed by atoms with Crippen molar-refractivity contribution in [3.63, 3.8) is 0 Å². The van der Waals surface area contributed by atoms with Crippen molar-refractivity contribution in [2.24, 2.45) is 21.1 Å². The van der Waals surface area contributed by atoms with Gasteiger partial charge >= 0.3 is 0 Å². The van der Waals surface area contributed by atoms with E-state index in [9.17, 15) is 0 Å². The molecule has 0 amide bonds. The molecule has 0 aliphatic heterocycles. The zero-order chi connectivity index (χ0) is 24.5. The molecule has 0 aromatic carbocycles. The highest BCUT2D eigenvalue weighted by molar-refractivity contribution is 5.64. The molecule has 4 aromatic rings. The molecule has 0 aliphatic rings. The Morgan fingerprint density at radius 2 is 1.89 bits per heavy atom. The van der Waals surface area contributed by atoms with E-state index < -0.39 is 13.7 Å². The number of pyridine rings is 2. The van der Waals surface area contributed by atoms with Crippen LogP contribution in [-0.4, -0.2) is 14.0 Å². The van der Waals surface area contributed by atoms with Crippen LogP contribution in [0.25, 0.3) is 28.6 Å². The average molecular weight is 368 g/mol. The maximum absolute atomic E-state index is 8.16. The minimum Gasteiger partial charge on any atom is -0.308 e. The molecular formula is C22H27N5+2. The van der Waals surface area contributed by atoms with Crippen LogP contribution >= 0.6 is 0 Å². The SMILES string of the molecule is [2H]C([2H])([2H])c1cc(C)c(-c2cn3c(C)c(C([2H])([2H])[2H])nc3n2C)[n+](C)c1-c1cccc[n+]1C. The van der Waals surface area contributed by atoms with Gasteiger partial charge in [0.25, 0.3) is 11.4 Å². The number of hydrogen-bond donors (Lipinski definition) is 0. The number of hydrogen-bond acceptors (Lipinski definition) is 1. The Hall–Kier alpha value is -2.95. The van der Waals surface area contributed by atoms with Gasteiger partial charge in [0.2, 0.25) is 11.5 Å². The largest absolute Gasteiger partial charge is 0.308 e. The molecule has 0 radical (unpaired) electrons. The summed E-state index contributed by atoms with van der Waals surface area (Å²) in [5, 5.41) is 0. The van der Waals surface area contributed by atoms with Crippen LogP contribution in [0.5, 0.6) is 0 Å². The first-order valence-electron chi connectivity index (χ1n) is 11.8. The molecule has 4 heterocycles. The van der Waals surface area contributed by atoms with Crippen LogP contribution in [0.15, 0.2) is 36.7 Å². The maximum atomic E-state index is 8.16. The minimum absolute atomic E-state index is 0.0792. The third-order valence-electron chi connectivity index (χ3n) is 5.24. The Morgan fingerprint density at radius 3 is 2.56 bits per heavy atom. The normalized spacial score (nSPS) is 15.7. The lowest BCUT2D eigenvalue weighted by atomic mass is 10.0. The van der Waals surface area contributed by atoms with Gasteiger partial charge in [0, 0.05) is 50.4 Å². The number of imidazole rings is 2. The van der Waals surface area contributed by atoms with E-state index in [-0.39, 0.29) is 11.3 Å². The van der Waals surface area contributed by atoms with Gasteiger partial charge in [-0.15, -0.1) is 0 Å². The highest BCUT2D eigenvalue weighted by Gasteiger charge is 2.29. The van der Waals surface area contributed by atoms with Gasteiger partial charge in [-0.2, -0.15) is 9.13 Å². The molecule has 0 fully saturated rings. The summed E-state index contributed by atoms with van der Waals surface area (Å²) in [6, 6.07) is 7.40. The smallest absolute Gasteiger partial charge is 0.280 e. The fourth-order valence-corrected chi connectivity index (χ4v) is 3.79. The van der Waals surface area contributed by atoms with Crippen LogP contribution in [0.3, 0.4) is 0 Å². The van der Waals surface area contributed by atoms with Gasteiger partial charge in [0.05, 0.1) is 5.69 Å². The monoisotopic (exact) mass is 367 g/mol. The highest BCUT2D eigenvalue weighted by atomic mass is 15.2. The molecule has 4 aromatic heterocycles. The first-order valence-corrected chi connectivity index (χ1v) is 8.78. The van der Waals surface area contributed by atoms with Gasteiger partial charge in [0.15, 0.2) is 6.20 Å². The van der Waals surface area contributed by atoms with E-state index in [4.69, 9.17) is 8.22 Å². The second-order valence-electron chi connectivity index (χ2n) is 6.98. The number of aryl methyl sites for hydroxylation is 6. The minimum atomic E-state index is -2.30. The van der Waals surface area contributed by atoms with Crippen molar-refractivity contribution in [3.05, 3.63) is 59.2 Å². The topological polar surface area (TPSA) is 30.0 Å². The number of rotatable bonds is 2. The first kappa shape index (κ1) is 11.7. The summed E-state index contributed by atoms with van der Waals surface area (Å²) in [5.74, 6) is 0.514. The van der Waals surface area contributed by atoms with E-state index in [0.29, 0.717) is 17.2 Å². The zero-order valence-electron chi connectivity index (χ0n) is 22.2. The van der Waals surface area contributed by atoms with E-state index in [1.165, 1.54) is 0 Å². The van der Waals surface area contributed by atoms with E-state index in [2.05, 4.69) is 4.98 Å². The third-order valence-corrected chi connectivity index (χ3v) is 5.24. The van der Waals surface area contributed by atoms with Crippen molar-refractivity contribution >= 4 is 5.78 Å². The molecule has 0 saturated heterocycles. The first-order chi connectivity index (χ1) is 15.2. The maximum Gasteiger partial charge on any atom is 0.280 e. The third kappa shape index (κ3) is 2.49. The zero-order valence-corrected chi connectivity index (χ0v) is 16.2. The molecule has 4 rings (SSSR count). The van der Waals surface area contributed by atoms with E-state index in [1.807, 2.05) is 72.4 Å². The molecule has 0 bridgehead atoms. The molecule has 0 N–H and O–H groups in total. The van der Waals surface area contributed by atoms with Gasteiger partial charge < -0.3 is 4.57 Å². The molecular weight excluding hydrogens is 334 g/mol. The van der Waals surface area contributed by atoms with E-state index >= 15 is 0 Å². The summed E-state index contributed by atoms with van der Waals surface area (Å²) < 4.78 is 55.1. The van der Waals surface area contributed by atoms with Crippen molar-refractivity contribution in [2.45, 2.75) is 27.6 Å². The summed E-state index contributed by atoms with van der Waals surface area (Å²) >= 11 is 0. The number of aromatic nitrogens is 5. The Balaban J connectivity index is 2.06. The van der Waals surface area contributed by atoms with Crippen molar-refractivity contribution in [1.82, 2.24) is 14.0 Å². The van der Waals surface area contributed by atoms with Crippen molar-refractivity contribution < 1.29 is 17.4 Å². The van der Waals surface area contributed by atoms with Crippen LogP contribution in [-0.2, 0) is 21.1 Å². The molecule has 138 valence electrons. The summed E-state index contributed by atoms with van der Waals surface area (Å²) in [7, 11) is 5.57. The molecule has 0 spiro atoms. The molecule has 27 heavy (non-hydrogen) atoms. The number of nitrogens with zero attached hydrogens (tertiary/aromatic N) is 5. The van der Waals surface area contributed by atoms with Gasteiger partial charge in [-0.05, 0) is 39.7 Å². The lowest BCUT2D eigenvalue weighted by Crippen LogP contribution is -2.41. The van der Waals surface area contributed by atoms with Crippen LogP contribution in [0.4, 0.5) is 0 Å². The Bertz CT molecular complexity index is 1390. The van der Waals surface area contributed by atoms with Crippen LogP contribution in [0.1, 0.15) is 30.7 Å². The van der Waals surface area contributed by atoms with Crippen LogP contribution < -0.4 is 9.13 Å². The standard InChI is InChI=1S/C22H27N5/c1-14-12-15(2)21(26(7)20(14)18-10-8-9-11-24(18)5)19-13-27-17(4)16(3)23-22(27)25(19)6/h8-13H,1-7H3/q+2/i1D3,3D3. The van der Waals surface area contributed by atoms with Crippen molar-refractivity contribution in [2.75, 3.05) is 0 Å². The Labute approximate surface area is 168 Å². The van der Waals surface area contributed by atoms with E-state index in [0.717, 1.165) is 22.6 Å². The quantitative estimate of drug-likeness (QED) is 0.501. The van der Waals surface area contributed by atoms with Crippen molar-refractivity contribution in [3.8, 4) is 22.8 Å². The van der Waals surface area contributed by atoms with Crippen LogP contribution in [0.2, 0.25) is 0 Å². The second-order valence-corrected chi connectivity index (χ2v) is 6.98. The number of fused-ring (bicyclic) bond motifs is 1. The highest BCUT2D eigenvalue weighted by Crippen LogP contribution is 2.27. The predicted molar refractivity (Wildman–Crippen MR) is 106 cm³/mol. The molecule has 0 unspecified atom stereocenters. The summed E-state index contributed by atoms with van der Waals surface area (Å²) in [6.45, 7) is -0.970. The molecule has 5 heteroatoms. The van der Waals surface area contributed by atoms with Gasteiger partial charge in [-0.1, -0.05) is 0 Å². The Kier molecular flexibility index (Phi) is 2.62. The molecule has 0 saturated carbocycles. The fourth-order valence-electron chi connectivity index (χ4n) is 3.79. The molecule has 0 aliphatic carbocycles.